The highest BCUT2D eigenvalue weighted by Gasteiger charge is 2.16. The Morgan fingerprint density at radius 2 is 1.50 bits per heavy atom. The molecular weight excluding hydrogens is 476 g/mol. The number of carbonyl (C=O) groups is 1. The van der Waals surface area contributed by atoms with Gasteiger partial charge in [0.25, 0.3) is 10.0 Å². The molecule has 0 radical (unpaired) electrons. The predicted molar refractivity (Wildman–Crippen MR) is 142 cm³/mol. The third kappa shape index (κ3) is 5.94. The van der Waals surface area contributed by atoms with Crippen LogP contribution in [-0.2, 0) is 14.9 Å². The molecule has 0 atom stereocenters. The molecule has 0 aliphatic heterocycles. The lowest BCUT2D eigenvalue weighted by atomic mass is 10.1. The molecule has 1 amide bonds. The Bertz CT molecular complexity index is 1540. The molecule has 0 saturated carbocycles. The van der Waals surface area contributed by atoms with Crippen molar-refractivity contribution in [2.75, 3.05) is 5.32 Å². The van der Waals surface area contributed by atoms with Crippen LogP contribution < -0.4 is 10.1 Å². The second-order valence-corrected chi connectivity index (χ2v) is 9.60. The van der Waals surface area contributed by atoms with E-state index < -0.39 is 16.1 Å². The summed E-state index contributed by atoms with van der Waals surface area (Å²) in [5, 5.41) is 12.5. The van der Waals surface area contributed by atoms with Gasteiger partial charge in [-0.15, -0.1) is 0 Å². The van der Waals surface area contributed by atoms with E-state index in [9.17, 15) is 13.2 Å². The summed E-state index contributed by atoms with van der Waals surface area (Å²) in [6.45, 7) is 3.50. The van der Waals surface area contributed by atoms with Gasteiger partial charge in [-0.25, -0.2) is 4.79 Å². The van der Waals surface area contributed by atoms with Gasteiger partial charge in [0.05, 0.1) is 10.6 Å². The summed E-state index contributed by atoms with van der Waals surface area (Å²) < 4.78 is 25.3. The molecule has 0 saturated heterocycles. The van der Waals surface area contributed by atoms with Gasteiger partial charge in [0.2, 0.25) is 0 Å². The van der Waals surface area contributed by atoms with Crippen molar-refractivity contribution in [3.8, 4) is 0 Å². The second kappa shape index (κ2) is 10.8. The number of fused-ring (bicyclic) bond motifs is 1. The van der Waals surface area contributed by atoms with E-state index in [0.29, 0.717) is 11.3 Å². The maximum atomic E-state index is 12.7. The van der Waals surface area contributed by atoms with Crippen molar-refractivity contribution in [1.82, 2.24) is 4.83 Å². The fraction of sp³-hybridized carbons (Fsp3) is 0.0741. The van der Waals surface area contributed by atoms with Gasteiger partial charge in [0.1, 0.15) is 11.4 Å². The third-order valence-corrected chi connectivity index (χ3v) is 6.52. The highest BCUT2D eigenvalue weighted by atomic mass is 32.2. The molecule has 2 N–H and O–H groups in total. The van der Waals surface area contributed by atoms with Crippen molar-refractivity contribution >= 4 is 44.0 Å². The molecule has 0 heterocycles. The quantitative estimate of drug-likeness (QED) is 0.200. The predicted octanol–water partition coefficient (Wildman–Crippen LogP) is 5.46. The summed E-state index contributed by atoms with van der Waals surface area (Å²) in [5.41, 5.74) is 2.59. The monoisotopic (exact) mass is 500 g/mol. The minimum Gasteiger partial charge on any atom is -0.297 e. The summed E-state index contributed by atoms with van der Waals surface area (Å²) in [5.74, 6) is 0. The van der Waals surface area contributed by atoms with E-state index in [4.69, 9.17) is 4.84 Å². The Morgan fingerprint density at radius 3 is 2.25 bits per heavy atom. The van der Waals surface area contributed by atoms with Gasteiger partial charge in [-0.2, -0.15) is 18.4 Å². The molecule has 9 heteroatoms. The van der Waals surface area contributed by atoms with Crippen molar-refractivity contribution in [3.63, 3.8) is 0 Å². The van der Waals surface area contributed by atoms with Gasteiger partial charge >= 0.3 is 6.09 Å². The van der Waals surface area contributed by atoms with E-state index in [2.05, 4.69) is 20.4 Å². The van der Waals surface area contributed by atoms with Crippen LogP contribution >= 0.6 is 0 Å². The molecule has 0 aliphatic rings. The molecule has 0 fully saturated rings. The maximum Gasteiger partial charge on any atom is 0.437 e. The summed E-state index contributed by atoms with van der Waals surface area (Å²) in [6, 6.07) is 28.3. The number of rotatable bonds is 7. The SMILES string of the molecule is CC(=N\OC(=O)Nc1cccc2ccccc12)/C(=N\NS(=O)(=O)c1ccccc1)c1ccc(C)cc1. The smallest absolute Gasteiger partial charge is 0.297 e. The number of amides is 1. The van der Waals surface area contributed by atoms with Crippen LogP contribution in [-0.4, -0.2) is 25.9 Å². The van der Waals surface area contributed by atoms with Crippen molar-refractivity contribution in [1.29, 1.82) is 0 Å². The standard InChI is InChI=1S/C27H24N4O4S/c1-19-15-17-22(18-16-19)26(29-31-36(33,34)23-11-4-3-5-12-23)20(2)30-35-27(32)28-25-14-8-10-21-9-6-7-13-24(21)25/h3-18,31H,1-2H3,(H,28,32)/b29-26+,30-20+. The highest BCUT2D eigenvalue weighted by molar-refractivity contribution is 7.89. The van der Waals surface area contributed by atoms with Crippen molar-refractivity contribution in [3.05, 3.63) is 108 Å². The van der Waals surface area contributed by atoms with Crippen molar-refractivity contribution in [2.45, 2.75) is 18.7 Å². The van der Waals surface area contributed by atoms with Gasteiger partial charge in [0, 0.05) is 10.9 Å². The number of aryl methyl sites for hydroxylation is 1. The zero-order valence-corrected chi connectivity index (χ0v) is 20.5. The van der Waals surface area contributed by atoms with Gasteiger partial charge in [-0.1, -0.05) is 89.6 Å². The number of sulfonamides is 1. The van der Waals surface area contributed by atoms with Gasteiger partial charge in [-0.05, 0) is 37.4 Å². The lowest BCUT2D eigenvalue weighted by molar-refractivity contribution is 0.166. The molecule has 0 aliphatic carbocycles. The van der Waals surface area contributed by atoms with Crippen LogP contribution in [0.4, 0.5) is 10.5 Å². The first kappa shape index (κ1) is 24.6. The minimum absolute atomic E-state index is 0.0670. The van der Waals surface area contributed by atoms with Crippen LogP contribution in [0.1, 0.15) is 18.1 Å². The highest BCUT2D eigenvalue weighted by Crippen LogP contribution is 2.23. The van der Waals surface area contributed by atoms with E-state index in [1.165, 1.54) is 12.1 Å². The Balaban J connectivity index is 1.57. The lowest BCUT2D eigenvalue weighted by Crippen LogP contribution is -2.24. The number of hydrogen-bond acceptors (Lipinski definition) is 6. The first-order valence-electron chi connectivity index (χ1n) is 11.1. The molecule has 0 unspecified atom stereocenters. The number of nitrogens with one attached hydrogen (secondary N) is 2. The first-order chi connectivity index (χ1) is 17.3. The number of hydrazone groups is 1. The molecule has 0 aromatic heterocycles. The van der Waals surface area contributed by atoms with E-state index in [1.54, 1.807) is 43.3 Å². The zero-order valence-electron chi connectivity index (χ0n) is 19.7. The van der Waals surface area contributed by atoms with Crippen LogP contribution in [0.2, 0.25) is 0 Å². The second-order valence-electron chi connectivity index (χ2n) is 7.94. The maximum absolute atomic E-state index is 12.7. The van der Waals surface area contributed by atoms with E-state index in [1.807, 2.05) is 55.5 Å². The minimum atomic E-state index is -3.91. The molecule has 0 bridgehead atoms. The topological polar surface area (TPSA) is 109 Å². The molecule has 36 heavy (non-hydrogen) atoms. The molecule has 8 nitrogen and oxygen atoms in total. The molecule has 4 rings (SSSR count). The lowest BCUT2D eigenvalue weighted by Gasteiger charge is -2.10. The van der Waals surface area contributed by atoms with Gasteiger partial charge in [-0.3, -0.25) is 10.2 Å². The van der Waals surface area contributed by atoms with Gasteiger partial charge in [0.15, 0.2) is 0 Å². The number of carbonyl (C=O) groups excluding carboxylic acids is 1. The average Bonchev–Trinajstić information content (AvgIpc) is 2.89. The van der Waals surface area contributed by atoms with Crippen LogP contribution in [0.15, 0.2) is 112 Å². The third-order valence-electron chi connectivity index (χ3n) is 5.29. The fourth-order valence-electron chi connectivity index (χ4n) is 3.44. The normalized spacial score (nSPS) is 12.3. The molecule has 4 aromatic carbocycles. The van der Waals surface area contributed by atoms with Crippen molar-refractivity contribution in [2.24, 2.45) is 10.3 Å². The average molecular weight is 501 g/mol. The van der Waals surface area contributed by atoms with Crippen LogP contribution in [0.25, 0.3) is 10.8 Å². The first-order valence-corrected chi connectivity index (χ1v) is 12.5. The summed E-state index contributed by atoms with van der Waals surface area (Å²) in [4.78, 5) is 19.9. The van der Waals surface area contributed by atoms with Gasteiger partial charge < -0.3 is 0 Å². The molecular formula is C27H24N4O4S. The number of benzene rings is 4. The summed E-state index contributed by atoms with van der Waals surface area (Å²) >= 11 is 0. The molecule has 182 valence electrons. The summed E-state index contributed by atoms with van der Waals surface area (Å²) in [6.07, 6.45) is -0.793. The summed E-state index contributed by atoms with van der Waals surface area (Å²) in [7, 11) is -3.91. The largest absolute Gasteiger partial charge is 0.437 e. The molecule has 4 aromatic rings. The Hall–Kier alpha value is -4.50. The van der Waals surface area contributed by atoms with Crippen LogP contribution in [0.5, 0.6) is 0 Å². The number of oxime groups is 1. The number of anilines is 1. The van der Waals surface area contributed by atoms with E-state index >= 15 is 0 Å². The van der Waals surface area contributed by atoms with Crippen LogP contribution in [0.3, 0.4) is 0 Å². The Labute approximate surface area is 209 Å². The Morgan fingerprint density at radius 1 is 0.833 bits per heavy atom. The van der Waals surface area contributed by atoms with E-state index in [0.717, 1.165) is 16.3 Å². The number of nitrogens with zero attached hydrogens (tertiary/aromatic N) is 2. The Kier molecular flexibility index (Phi) is 7.41. The number of hydrogen-bond donors (Lipinski definition) is 2. The fourth-order valence-corrected chi connectivity index (χ4v) is 4.28. The van der Waals surface area contributed by atoms with Crippen molar-refractivity contribution < 1.29 is 18.0 Å². The molecule has 0 spiro atoms. The van der Waals surface area contributed by atoms with Crippen LogP contribution in [0, 0.1) is 6.92 Å². The van der Waals surface area contributed by atoms with E-state index in [-0.39, 0.29) is 16.3 Å². The zero-order chi connectivity index (χ0) is 25.5.